The van der Waals surface area contributed by atoms with Gasteiger partial charge in [-0.1, -0.05) is 0 Å². The Hall–Kier alpha value is -2.21. The van der Waals surface area contributed by atoms with E-state index < -0.39 is 0 Å². The SMILES string of the molecule is O=C(NCCCN1CCCC1)c1ccc2ncnc(N3CCCCC3)c2c1. The van der Waals surface area contributed by atoms with Crippen molar-refractivity contribution < 1.29 is 4.79 Å². The van der Waals surface area contributed by atoms with Gasteiger partial charge in [0.05, 0.1) is 5.52 Å². The highest BCUT2D eigenvalue weighted by Crippen LogP contribution is 2.26. The van der Waals surface area contributed by atoms with Crippen molar-refractivity contribution in [2.45, 2.75) is 38.5 Å². The summed E-state index contributed by atoms with van der Waals surface area (Å²) in [7, 11) is 0. The zero-order chi connectivity index (χ0) is 18.5. The molecule has 1 amide bonds. The monoisotopic (exact) mass is 367 g/mol. The van der Waals surface area contributed by atoms with Crippen LogP contribution in [0.2, 0.25) is 0 Å². The van der Waals surface area contributed by atoms with Crippen LogP contribution < -0.4 is 10.2 Å². The second kappa shape index (κ2) is 8.65. The average molecular weight is 367 g/mol. The Bertz CT molecular complexity index is 781. The maximum absolute atomic E-state index is 12.6. The van der Waals surface area contributed by atoms with E-state index in [-0.39, 0.29) is 5.91 Å². The molecule has 6 nitrogen and oxygen atoms in total. The van der Waals surface area contributed by atoms with Gasteiger partial charge in [-0.05, 0) is 76.4 Å². The van der Waals surface area contributed by atoms with E-state index in [2.05, 4.69) is 25.1 Å². The molecule has 0 unspecified atom stereocenters. The molecule has 0 bridgehead atoms. The van der Waals surface area contributed by atoms with Crippen molar-refractivity contribution in [2.24, 2.45) is 0 Å². The summed E-state index contributed by atoms with van der Waals surface area (Å²) < 4.78 is 0. The third-order valence-corrected chi connectivity index (χ3v) is 5.67. The second-order valence-corrected chi connectivity index (χ2v) is 7.64. The molecular weight excluding hydrogens is 338 g/mol. The summed E-state index contributed by atoms with van der Waals surface area (Å²) in [5.74, 6) is 0.954. The summed E-state index contributed by atoms with van der Waals surface area (Å²) in [6.07, 6.45) is 8.93. The number of anilines is 1. The van der Waals surface area contributed by atoms with Crippen LogP contribution in [-0.4, -0.2) is 60.0 Å². The van der Waals surface area contributed by atoms with Gasteiger partial charge in [0.1, 0.15) is 12.1 Å². The summed E-state index contributed by atoms with van der Waals surface area (Å²) in [4.78, 5) is 26.3. The van der Waals surface area contributed by atoms with Crippen molar-refractivity contribution in [3.8, 4) is 0 Å². The lowest BCUT2D eigenvalue weighted by Crippen LogP contribution is -2.30. The summed E-state index contributed by atoms with van der Waals surface area (Å²) in [6, 6.07) is 5.75. The lowest BCUT2D eigenvalue weighted by molar-refractivity contribution is 0.0952. The van der Waals surface area contributed by atoms with Crippen LogP contribution in [0.1, 0.15) is 48.9 Å². The molecule has 0 spiro atoms. The number of rotatable bonds is 6. The number of piperidine rings is 1. The summed E-state index contributed by atoms with van der Waals surface area (Å²) >= 11 is 0. The average Bonchev–Trinajstić information content (AvgIpc) is 3.24. The molecule has 2 fully saturated rings. The molecule has 3 heterocycles. The lowest BCUT2D eigenvalue weighted by Gasteiger charge is -2.28. The Morgan fingerprint density at radius 1 is 1.00 bits per heavy atom. The van der Waals surface area contributed by atoms with E-state index in [1.54, 1.807) is 6.33 Å². The first-order valence-electron chi connectivity index (χ1n) is 10.3. The topological polar surface area (TPSA) is 61.4 Å². The fourth-order valence-electron chi connectivity index (χ4n) is 4.15. The third kappa shape index (κ3) is 4.38. The number of fused-ring (bicyclic) bond motifs is 1. The predicted octanol–water partition coefficient (Wildman–Crippen LogP) is 2.84. The van der Waals surface area contributed by atoms with Gasteiger partial charge in [-0.15, -0.1) is 0 Å². The van der Waals surface area contributed by atoms with Crippen molar-refractivity contribution in [3.63, 3.8) is 0 Å². The zero-order valence-electron chi connectivity index (χ0n) is 16.0. The van der Waals surface area contributed by atoms with Crippen molar-refractivity contribution in [2.75, 3.05) is 44.2 Å². The molecule has 0 aliphatic carbocycles. The van der Waals surface area contributed by atoms with E-state index >= 15 is 0 Å². The molecule has 6 heteroatoms. The second-order valence-electron chi connectivity index (χ2n) is 7.64. The van der Waals surface area contributed by atoms with Gasteiger partial charge in [0, 0.05) is 30.6 Å². The van der Waals surface area contributed by atoms with E-state index in [9.17, 15) is 4.79 Å². The van der Waals surface area contributed by atoms with Crippen LogP contribution >= 0.6 is 0 Å². The largest absolute Gasteiger partial charge is 0.356 e. The van der Waals surface area contributed by atoms with Gasteiger partial charge in [0.15, 0.2) is 0 Å². The van der Waals surface area contributed by atoms with E-state index in [4.69, 9.17) is 0 Å². The minimum atomic E-state index is -0.00762. The highest BCUT2D eigenvalue weighted by Gasteiger charge is 2.17. The summed E-state index contributed by atoms with van der Waals surface area (Å²) in [6.45, 7) is 6.26. The molecule has 2 saturated heterocycles. The molecule has 1 N–H and O–H groups in total. The Balaban J connectivity index is 1.42. The maximum Gasteiger partial charge on any atom is 0.251 e. The molecule has 144 valence electrons. The van der Waals surface area contributed by atoms with Gasteiger partial charge < -0.3 is 15.1 Å². The minimum Gasteiger partial charge on any atom is -0.356 e. The van der Waals surface area contributed by atoms with E-state index in [0.717, 1.165) is 49.3 Å². The van der Waals surface area contributed by atoms with Crippen molar-refractivity contribution >= 4 is 22.6 Å². The fraction of sp³-hybridized carbons (Fsp3) is 0.571. The predicted molar refractivity (Wildman–Crippen MR) is 108 cm³/mol. The van der Waals surface area contributed by atoms with Crippen LogP contribution in [0.5, 0.6) is 0 Å². The van der Waals surface area contributed by atoms with Gasteiger partial charge in [0.25, 0.3) is 5.91 Å². The number of carbonyl (C=O) groups is 1. The number of carbonyl (C=O) groups excluding carboxylic acids is 1. The number of hydrogen-bond acceptors (Lipinski definition) is 5. The van der Waals surface area contributed by atoms with Crippen molar-refractivity contribution in [1.82, 2.24) is 20.2 Å². The van der Waals surface area contributed by atoms with Crippen LogP contribution in [0.15, 0.2) is 24.5 Å². The molecule has 2 aliphatic heterocycles. The van der Waals surface area contributed by atoms with Crippen LogP contribution in [0.25, 0.3) is 10.9 Å². The van der Waals surface area contributed by atoms with E-state index in [1.165, 1.54) is 45.2 Å². The Morgan fingerprint density at radius 2 is 1.78 bits per heavy atom. The Labute approximate surface area is 161 Å². The zero-order valence-corrected chi connectivity index (χ0v) is 16.0. The molecule has 27 heavy (non-hydrogen) atoms. The van der Waals surface area contributed by atoms with Gasteiger partial charge >= 0.3 is 0 Å². The maximum atomic E-state index is 12.6. The molecule has 1 aromatic heterocycles. The number of nitrogens with zero attached hydrogens (tertiary/aromatic N) is 4. The van der Waals surface area contributed by atoms with Crippen LogP contribution in [0, 0.1) is 0 Å². The highest BCUT2D eigenvalue weighted by molar-refractivity contribution is 6.00. The van der Waals surface area contributed by atoms with Gasteiger partial charge in [-0.3, -0.25) is 4.79 Å². The normalized spacial score (nSPS) is 18.1. The molecule has 0 saturated carbocycles. The quantitative estimate of drug-likeness (QED) is 0.796. The molecule has 0 atom stereocenters. The van der Waals surface area contributed by atoms with E-state index in [1.807, 2.05) is 18.2 Å². The first-order chi connectivity index (χ1) is 13.3. The first-order valence-corrected chi connectivity index (χ1v) is 10.3. The molecule has 1 aromatic carbocycles. The number of hydrogen-bond donors (Lipinski definition) is 1. The standard InChI is InChI=1S/C21H29N5O/c27-21(22-9-6-12-25-10-4-5-11-25)17-7-8-19-18(15-17)20(24-16-23-19)26-13-2-1-3-14-26/h7-8,15-16H,1-6,9-14H2,(H,22,27). The molecule has 2 aromatic rings. The summed E-state index contributed by atoms with van der Waals surface area (Å²) in [5, 5.41) is 4.04. The number of aromatic nitrogens is 2. The van der Waals surface area contributed by atoms with Crippen molar-refractivity contribution in [1.29, 1.82) is 0 Å². The Kier molecular flexibility index (Phi) is 5.82. The fourth-order valence-corrected chi connectivity index (χ4v) is 4.15. The van der Waals surface area contributed by atoms with Gasteiger partial charge in [0.2, 0.25) is 0 Å². The minimum absolute atomic E-state index is 0.00762. The van der Waals surface area contributed by atoms with E-state index in [0.29, 0.717) is 5.56 Å². The lowest BCUT2D eigenvalue weighted by atomic mass is 10.1. The number of nitrogens with one attached hydrogen (secondary N) is 1. The summed E-state index contributed by atoms with van der Waals surface area (Å²) in [5.41, 5.74) is 1.59. The Morgan fingerprint density at radius 3 is 2.59 bits per heavy atom. The van der Waals surface area contributed by atoms with Gasteiger partial charge in [-0.25, -0.2) is 9.97 Å². The molecular formula is C21H29N5O. The van der Waals surface area contributed by atoms with Crippen molar-refractivity contribution in [3.05, 3.63) is 30.1 Å². The molecule has 0 radical (unpaired) electrons. The number of likely N-dealkylation sites (tertiary alicyclic amines) is 1. The van der Waals surface area contributed by atoms with Crippen LogP contribution in [0.3, 0.4) is 0 Å². The third-order valence-electron chi connectivity index (χ3n) is 5.67. The number of benzene rings is 1. The number of amides is 1. The van der Waals surface area contributed by atoms with Crippen LogP contribution in [0.4, 0.5) is 5.82 Å². The first kappa shape index (κ1) is 18.2. The van der Waals surface area contributed by atoms with Gasteiger partial charge in [-0.2, -0.15) is 0 Å². The smallest absolute Gasteiger partial charge is 0.251 e. The highest BCUT2D eigenvalue weighted by atomic mass is 16.1. The molecule has 2 aliphatic rings. The molecule has 4 rings (SSSR count). The van der Waals surface area contributed by atoms with Crippen LogP contribution in [-0.2, 0) is 0 Å².